The van der Waals surface area contributed by atoms with Gasteiger partial charge in [0.2, 0.25) is 5.78 Å². The summed E-state index contributed by atoms with van der Waals surface area (Å²) < 4.78 is 0. The predicted octanol–water partition coefficient (Wildman–Crippen LogP) is 2.93. The molecule has 0 aromatic heterocycles. The van der Waals surface area contributed by atoms with Gasteiger partial charge >= 0.3 is 0 Å². The maximum absolute atomic E-state index is 11.5. The van der Waals surface area contributed by atoms with Crippen molar-refractivity contribution in [1.29, 1.82) is 0 Å². The molecule has 1 aliphatic carbocycles. The molecule has 2 heteroatoms. The van der Waals surface area contributed by atoms with Gasteiger partial charge in [0.05, 0.1) is 0 Å². The van der Waals surface area contributed by atoms with Crippen LogP contribution in [0.15, 0.2) is 35.1 Å². The van der Waals surface area contributed by atoms with E-state index in [4.69, 9.17) is 0 Å². The van der Waals surface area contributed by atoms with Crippen LogP contribution in [0.2, 0.25) is 0 Å². The molecule has 0 fully saturated rings. The number of hydrogen-bond acceptors (Lipinski definition) is 2. The van der Waals surface area contributed by atoms with E-state index < -0.39 is 0 Å². The molecule has 1 aliphatic rings. The topological polar surface area (TPSA) is 37.3 Å². The van der Waals surface area contributed by atoms with Crippen LogP contribution in [0, 0.1) is 5.41 Å². The van der Waals surface area contributed by atoms with Crippen LogP contribution in [0.1, 0.15) is 27.7 Å². The van der Waals surface area contributed by atoms with E-state index in [9.17, 15) is 9.90 Å². The minimum absolute atomic E-state index is 0.138. The summed E-state index contributed by atoms with van der Waals surface area (Å²) in [6.07, 6.45) is 5.44. The summed E-state index contributed by atoms with van der Waals surface area (Å²) in [5, 5.41) is 9.42. The Bertz CT molecular complexity index is 355. The fraction of sp³-hybridized carbons (Fsp3) is 0.417. The van der Waals surface area contributed by atoms with Crippen LogP contribution in [0.5, 0.6) is 0 Å². The van der Waals surface area contributed by atoms with Gasteiger partial charge in [-0.25, -0.2) is 0 Å². The average Bonchev–Trinajstić information content (AvgIpc) is 2.08. The zero-order valence-corrected chi connectivity index (χ0v) is 9.09. The molecule has 0 aliphatic heterocycles. The highest BCUT2D eigenvalue weighted by molar-refractivity contribution is 6.08. The van der Waals surface area contributed by atoms with E-state index in [0.717, 1.165) is 5.57 Å². The third kappa shape index (κ3) is 1.65. The van der Waals surface area contributed by atoms with Gasteiger partial charge in [-0.05, 0) is 25.5 Å². The molecule has 1 rings (SSSR count). The lowest BCUT2D eigenvalue weighted by atomic mass is 9.76. The molecule has 14 heavy (non-hydrogen) atoms. The SMILES string of the molecule is C/C=C/C1=C(C)C(=O)C(O)=CC1(C)C. The molecule has 0 amide bonds. The Labute approximate surface area is 84.6 Å². The largest absolute Gasteiger partial charge is 0.504 e. The molecule has 0 saturated heterocycles. The number of carbonyl (C=O) groups is 1. The summed E-state index contributed by atoms with van der Waals surface area (Å²) in [5.41, 5.74) is 1.34. The smallest absolute Gasteiger partial charge is 0.222 e. The minimum Gasteiger partial charge on any atom is -0.504 e. The quantitative estimate of drug-likeness (QED) is 0.693. The molecule has 0 radical (unpaired) electrons. The van der Waals surface area contributed by atoms with Crippen LogP contribution < -0.4 is 0 Å². The number of aliphatic hydroxyl groups is 1. The van der Waals surface area contributed by atoms with Crippen LogP contribution in [-0.2, 0) is 4.79 Å². The molecular formula is C12H16O2. The van der Waals surface area contributed by atoms with Crippen molar-refractivity contribution in [3.8, 4) is 0 Å². The van der Waals surface area contributed by atoms with E-state index in [2.05, 4.69) is 0 Å². The van der Waals surface area contributed by atoms with Crippen LogP contribution in [0.4, 0.5) is 0 Å². The zero-order chi connectivity index (χ0) is 10.9. The van der Waals surface area contributed by atoms with Crippen molar-refractivity contribution < 1.29 is 9.90 Å². The van der Waals surface area contributed by atoms with E-state index in [0.29, 0.717) is 5.57 Å². The molecule has 0 unspecified atom stereocenters. The monoisotopic (exact) mass is 192 g/mol. The van der Waals surface area contributed by atoms with Gasteiger partial charge in [-0.1, -0.05) is 26.0 Å². The number of ketones is 1. The Morgan fingerprint density at radius 1 is 1.43 bits per heavy atom. The van der Waals surface area contributed by atoms with Crippen LogP contribution >= 0.6 is 0 Å². The standard InChI is InChI=1S/C12H16O2/c1-5-6-9-8(2)11(14)10(13)7-12(9,3)4/h5-7,13H,1-4H3/b6-5+. The van der Waals surface area contributed by atoms with Gasteiger partial charge in [0, 0.05) is 11.0 Å². The normalized spacial score (nSPS) is 21.7. The maximum atomic E-state index is 11.5. The summed E-state index contributed by atoms with van der Waals surface area (Å²) in [6, 6.07) is 0. The van der Waals surface area contributed by atoms with Gasteiger partial charge in [0.15, 0.2) is 5.76 Å². The Balaban J connectivity index is 3.30. The van der Waals surface area contributed by atoms with Gasteiger partial charge in [0.1, 0.15) is 0 Å². The van der Waals surface area contributed by atoms with E-state index in [1.54, 1.807) is 13.0 Å². The van der Waals surface area contributed by atoms with Crippen molar-refractivity contribution in [3.63, 3.8) is 0 Å². The number of aliphatic hydroxyl groups excluding tert-OH is 1. The molecule has 0 saturated carbocycles. The average molecular weight is 192 g/mol. The second-order valence-electron chi connectivity index (χ2n) is 4.12. The highest BCUT2D eigenvalue weighted by Crippen LogP contribution is 2.36. The van der Waals surface area contributed by atoms with Gasteiger partial charge in [0.25, 0.3) is 0 Å². The highest BCUT2D eigenvalue weighted by atomic mass is 16.3. The Morgan fingerprint density at radius 2 is 2.00 bits per heavy atom. The summed E-state index contributed by atoms with van der Waals surface area (Å²) in [5.74, 6) is -0.404. The number of carbonyl (C=O) groups excluding carboxylic acids is 1. The lowest BCUT2D eigenvalue weighted by Gasteiger charge is -2.28. The molecule has 0 heterocycles. The van der Waals surface area contributed by atoms with Gasteiger partial charge in [-0.2, -0.15) is 0 Å². The fourth-order valence-electron chi connectivity index (χ4n) is 1.79. The summed E-state index contributed by atoms with van der Waals surface area (Å²) in [6.45, 7) is 7.63. The molecule has 76 valence electrons. The second kappa shape index (κ2) is 3.45. The van der Waals surface area contributed by atoms with Crippen molar-refractivity contribution in [2.75, 3.05) is 0 Å². The molecule has 0 atom stereocenters. The van der Waals surface area contributed by atoms with Crippen LogP contribution in [-0.4, -0.2) is 10.9 Å². The maximum Gasteiger partial charge on any atom is 0.222 e. The predicted molar refractivity (Wildman–Crippen MR) is 57.0 cm³/mol. The minimum atomic E-state index is -0.269. The molecule has 0 spiro atoms. The van der Waals surface area contributed by atoms with E-state index >= 15 is 0 Å². The van der Waals surface area contributed by atoms with E-state index in [1.807, 2.05) is 32.9 Å². The Hall–Kier alpha value is -1.31. The van der Waals surface area contributed by atoms with Gasteiger partial charge in [-0.15, -0.1) is 0 Å². The fourth-order valence-corrected chi connectivity index (χ4v) is 1.79. The summed E-state index contributed by atoms with van der Waals surface area (Å²) >= 11 is 0. The lowest BCUT2D eigenvalue weighted by Crippen LogP contribution is -2.23. The summed E-state index contributed by atoms with van der Waals surface area (Å²) in [4.78, 5) is 11.5. The summed E-state index contributed by atoms with van der Waals surface area (Å²) in [7, 11) is 0. The van der Waals surface area contributed by atoms with Gasteiger partial charge in [-0.3, -0.25) is 4.79 Å². The molecular weight excluding hydrogens is 176 g/mol. The third-order valence-electron chi connectivity index (χ3n) is 2.50. The van der Waals surface area contributed by atoms with Crippen molar-refractivity contribution in [3.05, 3.63) is 35.1 Å². The first-order valence-corrected chi connectivity index (χ1v) is 4.70. The highest BCUT2D eigenvalue weighted by Gasteiger charge is 2.30. The molecule has 1 N–H and O–H groups in total. The lowest BCUT2D eigenvalue weighted by molar-refractivity contribution is -0.114. The first-order valence-electron chi connectivity index (χ1n) is 4.70. The Morgan fingerprint density at radius 3 is 2.50 bits per heavy atom. The van der Waals surface area contributed by atoms with Crippen molar-refractivity contribution in [1.82, 2.24) is 0 Å². The molecule has 0 bridgehead atoms. The van der Waals surface area contributed by atoms with E-state index in [-0.39, 0.29) is 17.0 Å². The first kappa shape index (κ1) is 10.8. The third-order valence-corrected chi connectivity index (χ3v) is 2.50. The zero-order valence-electron chi connectivity index (χ0n) is 9.09. The van der Waals surface area contributed by atoms with Crippen molar-refractivity contribution in [2.24, 2.45) is 5.41 Å². The second-order valence-corrected chi connectivity index (χ2v) is 4.12. The first-order chi connectivity index (χ1) is 6.40. The van der Waals surface area contributed by atoms with Gasteiger partial charge < -0.3 is 5.11 Å². The van der Waals surface area contributed by atoms with Crippen molar-refractivity contribution in [2.45, 2.75) is 27.7 Å². The van der Waals surface area contributed by atoms with E-state index in [1.165, 1.54) is 0 Å². The molecule has 0 aromatic carbocycles. The Kier molecular flexibility index (Phi) is 2.65. The van der Waals surface area contributed by atoms with Crippen molar-refractivity contribution >= 4 is 5.78 Å². The van der Waals surface area contributed by atoms with Crippen LogP contribution in [0.3, 0.4) is 0 Å². The van der Waals surface area contributed by atoms with Crippen LogP contribution in [0.25, 0.3) is 0 Å². The number of rotatable bonds is 1. The number of allylic oxidation sites excluding steroid dienone is 5. The molecule has 2 nitrogen and oxygen atoms in total. The number of Topliss-reactive ketones (excluding diaryl/α,β-unsaturated/α-hetero) is 1. The number of hydrogen-bond donors (Lipinski definition) is 1. The molecule has 0 aromatic rings.